The van der Waals surface area contributed by atoms with Crippen LogP contribution in [-0.2, 0) is 16.0 Å². The number of benzene rings is 1. The van der Waals surface area contributed by atoms with Gasteiger partial charge in [-0.25, -0.2) is 9.78 Å². The molecule has 2 saturated heterocycles. The van der Waals surface area contributed by atoms with E-state index >= 15 is 0 Å². The molecule has 11 heteroatoms. The molecule has 11 nitrogen and oxygen atoms in total. The van der Waals surface area contributed by atoms with Crippen LogP contribution in [0.2, 0.25) is 0 Å². The molecule has 0 spiro atoms. The lowest BCUT2D eigenvalue weighted by atomic mass is 9.95. The van der Waals surface area contributed by atoms with E-state index in [0.717, 1.165) is 58.8 Å². The van der Waals surface area contributed by atoms with Crippen molar-refractivity contribution >= 4 is 23.5 Å². The average molecular weight is 645 g/mol. The highest BCUT2D eigenvalue weighted by molar-refractivity contribution is 5.99. The minimum absolute atomic E-state index is 0.135. The first-order valence-corrected chi connectivity index (χ1v) is 16.7. The van der Waals surface area contributed by atoms with Crippen LogP contribution >= 0.6 is 0 Å². The summed E-state index contributed by atoms with van der Waals surface area (Å²) in [6, 6.07) is 10.4. The zero-order valence-corrected chi connectivity index (χ0v) is 28.2. The van der Waals surface area contributed by atoms with Crippen molar-refractivity contribution in [1.82, 2.24) is 15.3 Å². The molecule has 1 aromatic carbocycles. The molecular formula is C36H48N6O5. The lowest BCUT2D eigenvalue weighted by molar-refractivity contribution is 0.0845. The molecule has 2 aromatic heterocycles. The zero-order valence-electron chi connectivity index (χ0n) is 28.2. The number of nitrogens with two attached hydrogens (primary N) is 1. The number of nitrogens with zero attached hydrogens (tertiary/aromatic N) is 3. The maximum Gasteiger partial charge on any atom is 0.404 e. The summed E-state index contributed by atoms with van der Waals surface area (Å²) in [4.78, 5) is 50.3. The number of primary amides is 1. The average Bonchev–Trinajstić information content (AvgIpc) is 3.05. The Labute approximate surface area is 276 Å². The molecule has 0 bridgehead atoms. The number of H-pyrrole nitrogens is 1. The highest BCUT2D eigenvalue weighted by atomic mass is 16.6. The summed E-state index contributed by atoms with van der Waals surface area (Å²) in [5, 5.41) is 3.06. The van der Waals surface area contributed by atoms with Gasteiger partial charge in [0.05, 0.1) is 0 Å². The molecule has 252 valence electrons. The number of nitrogens with one attached hydrogen (secondary N) is 2. The van der Waals surface area contributed by atoms with Crippen LogP contribution in [0.25, 0.3) is 11.1 Å². The number of amides is 2. The first kappa shape index (κ1) is 34.0. The molecular weight excluding hydrogens is 596 g/mol. The number of carbonyl (C=O) groups is 2. The molecule has 3 aromatic rings. The Bertz CT molecular complexity index is 1620. The Morgan fingerprint density at radius 3 is 2.45 bits per heavy atom. The van der Waals surface area contributed by atoms with Gasteiger partial charge in [-0.2, -0.15) is 0 Å². The molecule has 0 atom stereocenters. The Morgan fingerprint density at radius 1 is 1.11 bits per heavy atom. The van der Waals surface area contributed by atoms with Crippen LogP contribution in [-0.4, -0.2) is 67.0 Å². The highest BCUT2D eigenvalue weighted by Crippen LogP contribution is 2.34. The smallest absolute Gasteiger partial charge is 0.404 e. The summed E-state index contributed by atoms with van der Waals surface area (Å²) in [5.74, 6) is 0.759. The van der Waals surface area contributed by atoms with Crippen molar-refractivity contribution < 1.29 is 19.1 Å². The van der Waals surface area contributed by atoms with Gasteiger partial charge in [-0.1, -0.05) is 13.8 Å². The van der Waals surface area contributed by atoms with Gasteiger partial charge in [0.2, 0.25) is 0 Å². The van der Waals surface area contributed by atoms with Crippen LogP contribution in [0.4, 0.5) is 16.3 Å². The fraction of sp³-hybridized carbons (Fsp3) is 0.500. The molecule has 0 radical (unpaired) electrons. The van der Waals surface area contributed by atoms with Crippen molar-refractivity contribution in [1.29, 1.82) is 0 Å². The number of anilines is 2. The molecule has 0 saturated carbocycles. The minimum atomic E-state index is -0.737. The molecule has 2 amide bonds. The molecule has 47 heavy (non-hydrogen) atoms. The van der Waals surface area contributed by atoms with Gasteiger partial charge in [-0.3, -0.25) is 9.59 Å². The van der Waals surface area contributed by atoms with Gasteiger partial charge in [0.1, 0.15) is 11.9 Å². The summed E-state index contributed by atoms with van der Waals surface area (Å²) >= 11 is 0. The van der Waals surface area contributed by atoms with Crippen molar-refractivity contribution in [2.75, 3.05) is 42.6 Å². The second-order valence-electron chi connectivity index (χ2n) is 12.9. The molecule has 4 N–H and O–H groups in total. The van der Waals surface area contributed by atoms with E-state index in [0.29, 0.717) is 56.3 Å². The Kier molecular flexibility index (Phi) is 10.9. The molecule has 2 aliphatic rings. The van der Waals surface area contributed by atoms with E-state index in [1.54, 1.807) is 0 Å². The van der Waals surface area contributed by atoms with Crippen LogP contribution in [0.5, 0.6) is 0 Å². The van der Waals surface area contributed by atoms with Gasteiger partial charge in [-0.15, -0.1) is 0 Å². The SMILES string of the molecule is CCN(c1cc(-c2ccc(N3CCC(OC(N)=O)CC3)nc2)cc(C(=O)NCc2c(C(C)C)cc(C)[nH]c2=O)c1C)C1CCOCC1. The van der Waals surface area contributed by atoms with Gasteiger partial charge < -0.3 is 35.3 Å². The fourth-order valence-electron chi connectivity index (χ4n) is 6.84. The lowest BCUT2D eigenvalue weighted by Gasteiger charge is -2.37. The zero-order chi connectivity index (χ0) is 33.7. The van der Waals surface area contributed by atoms with Crippen molar-refractivity contribution in [3.63, 3.8) is 0 Å². The summed E-state index contributed by atoms with van der Waals surface area (Å²) in [7, 11) is 0. The number of aromatic amines is 1. The number of rotatable bonds is 10. The molecule has 2 fully saturated rings. The van der Waals surface area contributed by atoms with Crippen LogP contribution in [0.3, 0.4) is 0 Å². The predicted octanol–water partition coefficient (Wildman–Crippen LogP) is 5.18. The van der Waals surface area contributed by atoms with Gasteiger partial charge in [0.25, 0.3) is 11.5 Å². The van der Waals surface area contributed by atoms with Gasteiger partial charge in [-0.05, 0) is 86.6 Å². The van der Waals surface area contributed by atoms with Crippen LogP contribution in [0.15, 0.2) is 41.3 Å². The molecule has 0 aliphatic carbocycles. The topological polar surface area (TPSA) is 143 Å². The summed E-state index contributed by atoms with van der Waals surface area (Å²) in [5.41, 5.74) is 11.6. The van der Waals surface area contributed by atoms with E-state index in [1.165, 1.54) is 0 Å². The largest absolute Gasteiger partial charge is 0.446 e. The standard InChI is InChI=1S/C36H48N6O5/c1-6-42(27-11-15-46-16-12-27)32-19-26(25-7-8-33(38-20-25)41-13-9-28(10-14-41)47-36(37)45)18-30(24(32)5)34(43)39-21-31-29(22(2)3)17-23(4)40-35(31)44/h7-8,17-20,22,27-28H,6,9-16,21H2,1-5H3,(H2,37,45)(H,39,43)(H,40,44). The number of pyridine rings is 2. The summed E-state index contributed by atoms with van der Waals surface area (Å²) in [6.45, 7) is 13.9. The molecule has 4 heterocycles. The summed E-state index contributed by atoms with van der Waals surface area (Å²) < 4.78 is 10.8. The quantitative estimate of drug-likeness (QED) is 0.274. The minimum Gasteiger partial charge on any atom is -0.446 e. The van der Waals surface area contributed by atoms with E-state index < -0.39 is 6.09 Å². The maximum atomic E-state index is 14.0. The van der Waals surface area contributed by atoms with Crippen molar-refractivity contribution in [3.8, 4) is 11.1 Å². The third-order valence-corrected chi connectivity index (χ3v) is 9.39. The first-order valence-electron chi connectivity index (χ1n) is 16.7. The molecule has 2 aliphatic heterocycles. The van der Waals surface area contributed by atoms with Crippen molar-refractivity contribution in [3.05, 3.63) is 74.8 Å². The Hall–Kier alpha value is -4.38. The second-order valence-corrected chi connectivity index (χ2v) is 12.9. The number of piperidine rings is 1. The second kappa shape index (κ2) is 15.0. The number of hydrogen-bond acceptors (Lipinski definition) is 8. The molecule has 0 unspecified atom stereocenters. The first-order chi connectivity index (χ1) is 22.5. The highest BCUT2D eigenvalue weighted by Gasteiger charge is 2.26. The van der Waals surface area contributed by atoms with E-state index in [-0.39, 0.29) is 30.0 Å². The number of aryl methyl sites for hydroxylation is 1. The maximum absolute atomic E-state index is 14.0. The third-order valence-electron chi connectivity index (χ3n) is 9.39. The third kappa shape index (κ3) is 7.96. The lowest BCUT2D eigenvalue weighted by Crippen LogP contribution is -2.40. The van der Waals surface area contributed by atoms with Crippen LogP contribution in [0, 0.1) is 13.8 Å². The summed E-state index contributed by atoms with van der Waals surface area (Å²) in [6.07, 6.45) is 4.17. The van der Waals surface area contributed by atoms with Gasteiger partial charge in [0, 0.05) is 92.5 Å². The van der Waals surface area contributed by atoms with Gasteiger partial charge in [0.15, 0.2) is 0 Å². The number of ether oxygens (including phenoxy) is 2. The fourth-order valence-corrected chi connectivity index (χ4v) is 6.84. The predicted molar refractivity (Wildman–Crippen MR) is 184 cm³/mol. The van der Waals surface area contributed by atoms with Crippen molar-refractivity contribution in [2.45, 2.75) is 84.9 Å². The number of aromatic nitrogens is 2. The van der Waals surface area contributed by atoms with Gasteiger partial charge >= 0.3 is 6.09 Å². The number of carbonyl (C=O) groups excluding carboxylic acids is 2. The Balaban J connectivity index is 1.45. The van der Waals surface area contributed by atoms with E-state index in [2.05, 4.69) is 46.9 Å². The normalized spacial score (nSPS) is 15.9. The monoisotopic (exact) mass is 644 g/mol. The Morgan fingerprint density at radius 2 is 1.83 bits per heavy atom. The van der Waals surface area contributed by atoms with E-state index in [9.17, 15) is 14.4 Å². The van der Waals surface area contributed by atoms with E-state index in [4.69, 9.17) is 20.2 Å². The van der Waals surface area contributed by atoms with Crippen LogP contribution in [0.1, 0.15) is 85.1 Å². The molecule has 5 rings (SSSR count). The number of hydrogen-bond donors (Lipinski definition) is 3. The van der Waals surface area contributed by atoms with Crippen LogP contribution < -0.4 is 26.4 Å². The van der Waals surface area contributed by atoms with Crippen molar-refractivity contribution in [2.24, 2.45) is 5.73 Å². The van der Waals surface area contributed by atoms with E-state index in [1.807, 2.05) is 44.3 Å².